The number of piperazine rings is 1. The summed E-state index contributed by atoms with van der Waals surface area (Å²) in [5, 5.41) is 7.69. The highest BCUT2D eigenvalue weighted by Crippen LogP contribution is 2.34. The largest absolute Gasteiger partial charge is 0.489 e. The Bertz CT molecular complexity index is 2860. The summed E-state index contributed by atoms with van der Waals surface area (Å²) < 4.78 is 71.5. The first kappa shape index (κ1) is 58.8. The zero-order chi connectivity index (χ0) is 56.4. The third-order valence-corrected chi connectivity index (χ3v) is 13.9. The van der Waals surface area contributed by atoms with Crippen molar-refractivity contribution >= 4 is 58.1 Å². The molecule has 4 amide bonds. The molecule has 2 saturated heterocycles. The van der Waals surface area contributed by atoms with Crippen molar-refractivity contribution in [2.45, 2.75) is 129 Å². The van der Waals surface area contributed by atoms with Crippen molar-refractivity contribution in [2.24, 2.45) is 0 Å². The Kier molecular flexibility index (Phi) is 19.1. The summed E-state index contributed by atoms with van der Waals surface area (Å²) >= 11 is 6.31. The van der Waals surface area contributed by atoms with Crippen LogP contribution < -0.4 is 26.0 Å². The second kappa shape index (κ2) is 25.3. The number of carbonyl (C=O) groups is 4. The molecule has 4 heterocycles. The van der Waals surface area contributed by atoms with Crippen LogP contribution in [0, 0.1) is 5.82 Å². The molecule has 17 nitrogen and oxygen atoms in total. The van der Waals surface area contributed by atoms with Gasteiger partial charge in [0.15, 0.2) is 0 Å². The summed E-state index contributed by atoms with van der Waals surface area (Å²) in [6, 6.07) is 16.2. The van der Waals surface area contributed by atoms with Gasteiger partial charge in [0.2, 0.25) is 11.8 Å². The molecule has 2 aromatic heterocycles. The summed E-state index contributed by atoms with van der Waals surface area (Å²) in [5.41, 5.74) is 4.36. The summed E-state index contributed by atoms with van der Waals surface area (Å²) in [4.78, 5) is 74.9. The van der Waals surface area contributed by atoms with Crippen LogP contribution >= 0.6 is 11.6 Å². The molecule has 78 heavy (non-hydrogen) atoms. The van der Waals surface area contributed by atoms with Crippen LogP contribution in [0.4, 0.5) is 38.7 Å². The smallest absolute Gasteiger partial charge is 0.419 e. The van der Waals surface area contributed by atoms with Gasteiger partial charge in [0.25, 0.3) is 0 Å². The number of aromatic nitrogens is 3. The lowest BCUT2D eigenvalue weighted by atomic mass is 9.85. The first-order valence-corrected chi connectivity index (χ1v) is 26.7. The van der Waals surface area contributed by atoms with E-state index in [0.29, 0.717) is 106 Å². The van der Waals surface area contributed by atoms with E-state index >= 15 is 0 Å². The molecule has 0 bridgehead atoms. The molecule has 0 spiro atoms. The highest BCUT2D eigenvalue weighted by atomic mass is 35.5. The molecule has 22 heteroatoms. The average molecular weight is 1110 g/mol. The SMILES string of the molecule is CC(C)(C)OC(=O)NC1(C(=O)N[C@@H](CCN2CCN(C(=O)CCCCCN(Cc3cc(N)ccc3OCc3ccc(F)c(C(F)(F)F)c3)C(=O)OC(C)(C)C)CC2)c2ccc(Cl)cc2)CCN(c2ncnc3[nH]ccc23)CC1. The highest BCUT2D eigenvalue weighted by molar-refractivity contribution is 6.30. The first-order chi connectivity index (χ1) is 36.8. The molecule has 1 atom stereocenters. The van der Waals surface area contributed by atoms with E-state index < -0.39 is 52.5 Å². The molecule has 2 fully saturated rings. The first-order valence-electron chi connectivity index (χ1n) is 26.3. The van der Waals surface area contributed by atoms with Gasteiger partial charge in [-0.15, -0.1) is 0 Å². The Labute approximate surface area is 457 Å². The van der Waals surface area contributed by atoms with Gasteiger partial charge in [-0.25, -0.2) is 23.9 Å². The van der Waals surface area contributed by atoms with E-state index in [1.807, 2.05) is 23.1 Å². The summed E-state index contributed by atoms with van der Waals surface area (Å²) in [6.07, 6.45) is 0.322. The number of amides is 4. The average Bonchev–Trinajstić information content (AvgIpc) is 3.96. The minimum Gasteiger partial charge on any atom is -0.489 e. The molecule has 5 aromatic rings. The van der Waals surface area contributed by atoms with E-state index in [9.17, 15) is 36.7 Å². The van der Waals surface area contributed by atoms with E-state index in [1.54, 1.807) is 78.1 Å². The zero-order valence-electron chi connectivity index (χ0n) is 45.1. The number of nitrogens with one attached hydrogen (secondary N) is 3. The van der Waals surface area contributed by atoms with Crippen LogP contribution in [0.25, 0.3) is 11.0 Å². The number of ether oxygens (including phenoxy) is 3. The van der Waals surface area contributed by atoms with E-state index in [-0.39, 0.29) is 55.7 Å². The Hall–Kier alpha value is -6.87. The molecular weight excluding hydrogens is 1040 g/mol. The quantitative estimate of drug-likeness (QED) is 0.0347. The summed E-state index contributed by atoms with van der Waals surface area (Å²) in [5.74, 6) is -0.665. The molecule has 5 N–H and O–H groups in total. The highest BCUT2D eigenvalue weighted by Gasteiger charge is 2.45. The predicted molar refractivity (Wildman–Crippen MR) is 289 cm³/mol. The number of benzene rings is 3. The maximum Gasteiger partial charge on any atom is 0.419 e. The lowest BCUT2D eigenvalue weighted by Crippen LogP contribution is -2.64. The molecule has 0 aliphatic carbocycles. The molecular formula is C56H71ClF4N10O7. The van der Waals surface area contributed by atoms with Crippen LogP contribution in [0.15, 0.2) is 79.3 Å². The molecule has 2 aliphatic rings. The number of hydrogen-bond donors (Lipinski definition) is 4. The number of unbranched alkanes of at least 4 members (excludes halogenated alkanes) is 2. The van der Waals surface area contributed by atoms with Crippen molar-refractivity contribution in [3.63, 3.8) is 0 Å². The van der Waals surface area contributed by atoms with Crippen molar-refractivity contribution in [2.75, 3.05) is 63.0 Å². The number of fused-ring (bicyclic) bond motifs is 1. The predicted octanol–water partition coefficient (Wildman–Crippen LogP) is 10.2. The van der Waals surface area contributed by atoms with Crippen LogP contribution in [-0.2, 0) is 38.4 Å². The molecule has 2 aliphatic heterocycles. The van der Waals surface area contributed by atoms with Crippen molar-refractivity contribution in [1.82, 2.24) is 40.3 Å². The molecule has 0 unspecified atom stereocenters. The van der Waals surface area contributed by atoms with Gasteiger partial charge in [-0.2, -0.15) is 13.2 Å². The van der Waals surface area contributed by atoms with Gasteiger partial charge in [-0.3, -0.25) is 14.5 Å². The van der Waals surface area contributed by atoms with Gasteiger partial charge < -0.3 is 50.3 Å². The Morgan fingerprint density at radius 3 is 2.24 bits per heavy atom. The van der Waals surface area contributed by atoms with Crippen LogP contribution in [-0.4, -0.2) is 123 Å². The van der Waals surface area contributed by atoms with E-state index in [1.165, 1.54) is 17.3 Å². The van der Waals surface area contributed by atoms with Crippen LogP contribution in [0.5, 0.6) is 5.75 Å². The molecule has 3 aromatic carbocycles. The fourth-order valence-electron chi connectivity index (χ4n) is 9.55. The summed E-state index contributed by atoms with van der Waals surface area (Å²) in [6.45, 7) is 14.3. The number of piperidine rings is 1. The second-order valence-corrected chi connectivity index (χ2v) is 22.3. The maximum atomic E-state index is 14.7. The topological polar surface area (TPSA) is 201 Å². The molecule has 422 valence electrons. The Morgan fingerprint density at radius 2 is 1.56 bits per heavy atom. The number of nitrogen functional groups attached to an aromatic ring is 1. The number of alkyl carbamates (subject to hydrolysis) is 1. The van der Waals surface area contributed by atoms with E-state index in [4.69, 9.17) is 31.5 Å². The number of hydrogen-bond acceptors (Lipinski definition) is 12. The van der Waals surface area contributed by atoms with E-state index in [2.05, 4.69) is 35.4 Å². The standard InChI is InChI=1S/C56H71ClF4N10O7/c1-53(2,3)77-51(74)67-55(21-26-70(27-22-55)49-42-19-23-63-48(42)64-36-65-49)50(73)66-45(38-12-14-40(57)15-13-38)20-25-68-28-30-69(31-29-68)47(72)10-8-7-9-24-71(52(75)78-54(4,5)6)34-39-33-41(62)16-18-46(39)76-35-37-11-17-44(58)43(32-37)56(59,60)61/h11-19,23,32-33,36,45H,7-10,20-22,24-31,34-35,62H2,1-6H3,(H,66,73)(H,67,74)(H,63,64,65)/t45-/m0/s1. The van der Waals surface area contributed by atoms with Gasteiger partial charge in [0.1, 0.15) is 52.7 Å². The molecule has 7 rings (SSSR count). The van der Waals surface area contributed by atoms with Crippen LogP contribution in [0.2, 0.25) is 5.02 Å². The zero-order valence-corrected chi connectivity index (χ0v) is 45.9. The Balaban J connectivity index is 0.914. The van der Waals surface area contributed by atoms with Crippen LogP contribution in [0.3, 0.4) is 0 Å². The third-order valence-electron chi connectivity index (χ3n) is 13.6. The van der Waals surface area contributed by atoms with Gasteiger partial charge in [0, 0.05) is 81.2 Å². The number of halogens is 5. The van der Waals surface area contributed by atoms with Crippen molar-refractivity contribution in [3.8, 4) is 5.75 Å². The summed E-state index contributed by atoms with van der Waals surface area (Å²) in [7, 11) is 0. The lowest BCUT2D eigenvalue weighted by molar-refractivity contribution is -0.140. The number of carbonyl (C=O) groups excluding carboxylic acids is 4. The minimum atomic E-state index is -4.88. The lowest BCUT2D eigenvalue weighted by Gasteiger charge is -2.42. The monoisotopic (exact) mass is 1110 g/mol. The normalized spacial score (nSPS) is 15.6. The number of rotatable bonds is 19. The molecule has 0 saturated carbocycles. The van der Waals surface area contributed by atoms with Crippen LogP contribution in [0.1, 0.15) is 115 Å². The fourth-order valence-corrected chi connectivity index (χ4v) is 9.68. The van der Waals surface area contributed by atoms with Gasteiger partial charge in [-0.1, -0.05) is 36.2 Å². The van der Waals surface area contributed by atoms with Gasteiger partial charge >= 0.3 is 18.4 Å². The van der Waals surface area contributed by atoms with Gasteiger partial charge in [-0.05, 0) is 133 Å². The number of nitrogens with two attached hydrogens (primary N) is 1. The second-order valence-electron chi connectivity index (χ2n) is 21.9. The maximum absolute atomic E-state index is 14.7. The fraction of sp³-hybridized carbons (Fsp3) is 0.500. The number of alkyl halides is 3. The third kappa shape index (κ3) is 16.3. The minimum absolute atomic E-state index is 0.0110. The number of H-pyrrole nitrogens is 1. The number of anilines is 2. The van der Waals surface area contributed by atoms with Crippen molar-refractivity contribution < 1.29 is 51.0 Å². The van der Waals surface area contributed by atoms with Crippen molar-refractivity contribution in [3.05, 3.63) is 112 Å². The Morgan fingerprint density at radius 1 is 0.859 bits per heavy atom. The van der Waals surface area contributed by atoms with Gasteiger partial charge in [0.05, 0.1) is 23.5 Å². The molecule has 0 radical (unpaired) electrons. The number of nitrogens with zero attached hydrogens (tertiary/aromatic N) is 6. The number of aromatic amines is 1. The van der Waals surface area contributed by atoms with Crippen molar-refractivity contribution in [1.29, 1.82) is 0 Å². The van der Waals surface area contributed by atoms with E-state index in [0.717, 1.165) is 22.8 Å².